The lowest BCUT2D eigenvalue weighted by Gasteiger charge is -2.21. The van der Waals surface area contributed by atoms with Crippen LogP contribution in [0, 0.1) is 0 Å². The molecule has 0 aromatic rings. The summed E-state index contributed by atoms with van der Waals surface area (Å²) in [5.74, 6) is -1.66. The smallest absolute Gasteiger partial charge is 0.463 e. The molecule has 0 aliphatic carbocycles. The second-order valence-electron chi connectivity index (χ2n) is 26.8. The van der Waals surface area contributed by atoms with Gasteiger partial charge in [-0.05, 0) is 135 Å². The van der Waals surface area contributed by atoms with E-state index >= 15 is 0 Å². The Kier molecular flexibility index (Phi) is 74.1. The van der Waals surface area contributed by atoms with Crippen LogP contribution in [0.5, 0.6) is 0 Å². The minimum Gasteiger partial charge on any atom is -0.463 e. The predicted octanol–water partition coefficient (Wildman–Crippen LogP) is 23.9. The Hall–Kier alpha value is -4.31. The second-order valence-corrected chi connectivity index (χ2v) is 29.7. The number of ether oxygens (including phenoxy) is 3. The number of esters is 3. The highest BCUT2D eigenvalue weighted by Gasteiger charge is 2.29. The van der Waals surface area contributed by atoms with Crippen LogP contribution in [0.15, 0.2) is 134 Å². The third-order valence-corrected chi connectivity index (χ3v) is 18.7. The number of aliphatic hydroxyl groups is 2. The van der Waals surface area contributed by atoms with E-state index in [-0.39, 0.29) is 19.3 Å². The fourth-order valence-electron chi connectivity index (χ4n) is 10.7. The van der Waals surface area contributed by atoms with Crippen LogP contribution in [0.25, 0.3) is 0 Å². The highest BCUT2D eigenvalue weighted by molar-refractivity contribution is 7.47. The molecular weight excluding hydrogens is 1340 g/mol. The summed E-state index contributed by atoms with van der Waals surface area (Å²) in [7, 11) is -9.81. The van der Waals surface area contributed by atoms with E-state index in [1.807, 2.05) is 12.2 Å². The molecule has 16 nitrogen and oxygen atoms in total. The largest absolute Gasteiger partial charge is 0.472 e. The molecule has 592 valence electrons. The minimum absolute atomic E-state index is 0.0738. The highest BCUT2D eigenvalue weighted by Crippen LogP contribution is 2.45. The van der Waals surface area contributed by atoms with Crippen molar-refractivity contribution in [2.45, 2.75) is 347 Å². The summed E-state index contributed by atoms with van der Waals surface area (Å²) in [6.45, 7) is 2.44. The van der Waals surface area contributed by atoms with Gasteiger partial charge in [0.05, 0.1) is 26.4 Å². The average molecular weight is 1490 g/mol. The van der Waals surface area contributed by atoms with E-state index in [1.165, 1.54) is 148 Å². The van der Waals surface area contributed by atoms with Gasteiger partial charge >= 0.3 is 33.6 Å². The Morgan fingerprint density at radius 1 is 0.282 bits per heavy atom. The number of hydrogen-bond acceptors (Lipinski definition) is 14. The van der Waals surface area contributed by atoms with Crippen molar-refractivity contribution in [3.05, 3.63) is 134 Å². The lowest BCUT2D eigenvalue weighted by atomic mass is 10.0. The fourth-order valence-corrected chi connectivity index (χ4v) is 12.3. The molecule has 0 spiro atoms. The van der Waals surface area contributed by atoms with Crippen molar-refractivity contribution in [1.82, 2.24) is 0 Å². The number of aliphatic hydroxyl groups excluding tert-OH is 2. The number of phosphoric acid groups is 2. The van der Waals surface area contributed by atoms with E-state index in [4.69, 9.17) is 32.3 Å². The van der Waals surface area contributed by atoms with Crippen LogP contribution in [-0.2, 0) is 55.8 Å². The standard InChI is InChI=1S/C85H146O16P2/c1-4-7-10-13-16-19-22-25-28-30-31-32-33-34-35-36-37-38-39-40-41-42-43-44-45-46-47-49-52-53-56-59-62-65-68-71-83(88)95-74-80(86)75-97-102(91,92)98-76-81(87)77-99-103(93,94)100-79-82(101-85(90)73-70-67-64-61-58-55-50-27-24-21-18-15-12-9-6-3)78-96-84(89)72-69-66-63-60-57-54-51-48-29-26-23-20-17-14-11-8-5-2/h8,11,16-21,25-29,31-32,34-35,50-51,54,60,63,80-82,86-87H,4-7,9-10,12-15,22-24,30,33,36-49,52-53,55-59,61-62,64-79H2,1-3H3,(H,91,92)(H,93,94)/b11-8-,19-16-,20-17-,21-18-,28-25-,29-26-,32-31-,35-34-,50-27-,54-51-,63-60-. The van der Waals surface area contributed by atoms with Crippen molar-refractivity contribution in [2.75, 3.05) is 39.6 Å². The van der Waals surface area contributed by atoms with Gasteiger partial charge < -0.3 is 34.2 Å². The van der Waals surface area contributed by atoms with Gasteiger partial charge in [-0.2, -0.15) is 0 Å². The maximum atomic E-state index is 12.9. The van der Waals surface area contributed by atoms with Crippen LogP contribution in [0.3, 0.4) is 0 Å². The van der Waals surface area contributed by atoms with Gasteiger partial charge in [0, 0.05) is 19.3 Å². The van der Waals surface area contributed by atoms with Crippen LogP contribution < -0.4 is 0 Å². The number of rotatable bonds is 76. The molecule has 0 radical (unpaired) electrons. The topological polar surface area (TPSA) is 231 Å². The van der Waals surface area contributed by atoms with Gasteiger partial charge in [-0.3, -0.25) is 32.5 Å². The number of carbonyl (C=O) groups is 3. The third-order valence-electron chi connectivity index (χ3n) is 16.8. The van der Waals surface area contributed by atoms with E-state index < -0.39 is 91.5 Å². The van der Waals surface area contributed by atoms with Crippen molar-refractivity contribution in [3.8, 4) is 0 Å². The Labute approximate surface area is 626 Å². The van der Waals surface area contributed by atoms with Gasteiger partial charge in [-0.25, -0.2) is 9.13 Å². The van der Waals surface area contributed by atoms with Crippen molar-refractivity contribution in [2.24, 2.45) is 0 Å². The summed E-state index contributed by atoms with van der Waals surface area (Å²) in [6, 6.07) is 0. The molecule has 5 unspecified atom stereocenters. The van der Waals surface area contributed by atoms with Gasteiger partial charge in [-0.1, -0.05) is 309 Å². The van der Waals surface area contributed by atoms with Crippen LogP contribution in [-0.4, -0.2) is 95.9 Å². The van der Waals surface area contributed by atoms with Crippen molar-refractivity contribution in [1.29, 1.82) is 0 Å². The summed E-state index contributed by atoms with van der Waals surface area (Å²) in [4.78, 5) is 58.5. The molecule has 18 heteroatoms. The van der Waals surface area contributed by atoms with E-state index in [9.17, 15) is 43.5 Å². The van der Waals surface area contributed by atoms with Crippen LogP contribution >= 0.6 is 15.6 Å². The SMILES string of the molecule is CC/C=C\C/C=C\C/C=C\C/C=C\C/C=C\CCCC(=O)OCC(COP(=O)(O)OCC(O)COP(=O)(O)OCC(O)COC(=O)CCCCCCCCCCCCCCCCCCCCC/C=C\C/C=C\C/C=C\C/C=C\CCCCC)OC(=O)CCCCCCC/C=C\C/C=C\CCCCC. The first-order valence-corrected chi connectivity index (χ1v) is 43.5. The van der Waals surface area contributed by atoms with Gasteiger partial charge in [0.25, 0.3) is 0 Å². The zero-order valence-corrected chi connectivity index (χ0v) is 66.5. The number of hydrogen-bond donors (Lipinski definition) is 4. The second kappa shape index (κ2) is 77.3. The molecule has 0 aromatic carbocycles. The molecular formula is C85H146O16P2. The quantitative estimate of drug-likeness (QED) is 0.0146. The fraction of sp³-hybridized carbons (Fsp3) is 0.706. The number of carbonyl (C=O) groups excluding carboxylic acids is 3. The van der Waals surface area contributed by atoms with Gasteiger partial charge in [0.1, 0.15) is 25.4 Å². The van der Waals surface area contributed by atoms with Gasteiger partial charge in [0.2, 0.25) is 0 Å². The normalized spacial score (nSPS) is 14.7. The van der Waals surface area contributed by atoms with E-state index in [0.717, 1.165) is 116 Å². The molecule has 5 atom stereocenters. The zero-order valence-electron chi connectivity index (χ0n) is 64.7. The maximum absolute atomic E-state index is 12.9. The van der Waals surface area contributed by atoms with Gasteiger partial charge in [0.15, 0.2) is 6.10 Å². The molecule has 0 bridgehead atoms. The molecule has 0 heterocycles. The summed E-state index contributed by atoms with van der Waals surface area (Å²) < 4.78 is 61.0. The maximum Gasteiger partial charge on any atom is 0.472 e. The molecule has 0 rings (SSSR count). The Morgan fingerprint density at radius 3 is 0.854 bits per heavy atom. The molecule has 0 amide bonds. The average Bonchev–Trinajstić information content (AvgIpc) is 0.927. The first-order chi connectivity index (χ1) is 50.2. The molecule has 0 saturated carbocycles. The first kappa shape index (κ1) is 98.7. The van der Waals surface area contributed by atoms with Gasteiger partial charge in [-0.15, -0.1) is 0 Å². The highest BCUT2D eigenvalue weighted by atomic mass is 31.2. The van der Waals surface area contributed by atoms with Crippen LogP contribution in [0.2, 0.25) is 0 Å². The minimum atomic E-state index is -4.95. The molecule has 0 aliphatic heterocycles. The lowest BCUT2D eigenvalue weighted by molar-refractivity contribution is -0.161. The summed E-state index contributed by atoms with van der Waals surface area (Å²) >= 11 is 0. The Balaban J connectivity index is 4.41. The van der Waals surface area contributed by atoms with E-state index in [2.05, 4.69) is 142 Å². The number of allylic oxidation sites excluding steroid dienone is 22. The lowest BCUT2D eigenvalue weighted by Crippen LogP contribution is -2.30. The predicted molar refractivity (Wildman–Crippen MR) is 426 cm³/mol. The molecule has 0 fully saturated rings. The molecule has 0 aromatic heterocycles. The monoisotopic (exact) mass is 1490 g/mol. The van der Waals surface area contributed by atoms with E-state index in [1.54, 1.807) is 0 Å². The van der Waals surface area contributed by atoms with Crippen LogP contribution in [0.4, 0.5) is 0 Å². The number of unbranched alkanes of at least 4 members (excludes halogenated alkanes) is 31. The third kappa shape index (κ3) is 78.6. The van der Waals surface area contributed by atoms with Crippen LogP contribution in [0.1, 0.15) is 329 Å². The molecule has 103 heavy (non-hydrogen) atoms. The zero-order chi connectivity index (χ0) is 75.2. The van der Waals surface area contributed by atoms with Crippen molar-refractivity contribution in [3.63, 3.8) is 0 Å². The Bertz CT molecular complexity index is 2410. The molecule has 0 saturated heterocycles. The summed E-state index contributed by atoms with van der Waals surface area (Å²) in [6.07, 6.45) is 93.9. The van der Waals surface area contributed by atoms with Crippen molar-refractivity contribution < 1.29 is 75.8 Å². The first-order valence-electron chi connectivity index (χ1n) is 40.5. The number of phosphoric ester groups is 2. The van der Waals surface area contributed by atoms with E-state index in [0.29, 0.717) is 25.7 Å². The molecule has 4 N–H and O–H groups in total. The molecule has 0 aliphatic rings. The Morgan fingerprint density at radius 2 is 0.524 bits per heavy atom. The summed E-state index contributed by atoms with van der Waals surface area (Å²) in [5.41, 5.74) is 0. The summed E-state index contributed by atoms with van der Waals surface area (Å²) in [5, 5.41) is 20.6. The van der Waals surface area contributed by atoms with Crippen molar-refractivity contribution >= 4 is 33.6 Å².